The minimum absolute atomic E-state index is 0.0967. The molecule has 0 aliphatic heterocycles. The van der Waals surface area contributed by atoms with E-state index in [2.05, 4.69) is 108 Å². The summed E-state index contributed by atoms with van der Waals surface area (Å²) in [7, 11) is -1.96. The molecule has 214 valence electrons. The maximum atomic E-state index is 12.8. The average molecular weight is 561 g/mol. The second-order valence-corrected chi connectivity index (χ2v) is 16.8. The number of aromatic amines is 1. The molecule has 2 aromatic heterocycles. The fourth-order valence-corrected chi connectivity index (χ4v) is 5.43. The topological polar surface area (TPSA) is 81.2 Å². The first kappa shape index (κ1) is 29.6. The molecule has 40 heavy (non-hydrogen) atoms. The van der Waals surface area contributed by atoms with Gasteiger partial charge in [-0.05, 0) is 73.0 Å². The number of nitrogens with zero attached hydrogens (tertiary/aromatic N) is 2. The summed E-state index contributed by atoms with van der Waals surface area (Å²) < 4.78 is 14.9. The minimum atomic E-state index is -1.96. The van der Waals surface area contributed by atoms with E-state index in [0.29, 0.717) is 18.9 Å². The van der Waals surface area contributed by atoms with Crippen LogP contribution in [0.4, 0.5) is 0 Å². The van der Waals surface area contributed by atoms with E-state index in [1.54, 1.807) is 6.20 Å². The molecule has 0 saturated carbocycles. The fourth-order valence-electron chi connectivity index (χ4n) is 4.38. The third kappa shape index (κ3) is 8.08. The number of ether oxygens (including phenoxy) is 1. The Morgan fingerprint density at radius 3 is 2.62 bits per heavy atom. The monoisotopic (exact) mass is 560 g/mol. The van der Waals surface area contributed by atoms with Gasteiger partial charge in [-0.15, -0.1) is 0 Å². The summed E-state index contributed by atoms with van der Waals surface area (Å²) in [4.78, 5) is 19.7. The highest BCUT2D eigenvalue weighted by atomic mass is 28.4. The van der Waals surface area contributed by atoms with Crippen LogP contribution in [0.2, 0.25) is 18.1 Å². The molecule has 2 heterocycles. The SMILES string of the molecule is CC(C)(C)[Si](C)(C)OC[C@@H](CCn1ccc2ccc(OCCCCc3ccccc3)cc21)NC(=O)c1cnc[nH]1. The van der Waals surface area contributed by atoms with Crippen molar-refractivity contribution in [3.63, 3.8) is 0 Å². The van der Waals surface area contributed by atoms with Crippen LogP contribution < -0.4 is 10.1 Å². The van der Waals surface area contributed by atoms with Crippen LogP contribution in [0, 0.1) is 0 Å². The lowest BCUT2D eigenvalue weighted by Gasteiger charge is -2.37. The molecule has 1 amide bonds. The van der Waals surface area contributed by atoms with Crippen molar-refractivity contribution in [2.45, 2.75) is 77.2 Å². The smallest absolute Gasteiger partial charge is 0.269 e. The number of hydrogen-bond donors (Lipinski definition) is 2. The average Bonchev–Trinajstić information content (AvgIpc) is 3.60. The number of rotatable bonds is 14. The van der Waals surface area contributed by atoms with Crippen molar-refractivity contribution in [1.29, 1.82) is 0 Å². The Bertz CT molecular complexity index is 1340. The molecule has 0 radical (unpaired) electrons. The Labute approximate surface area is 239 Å². The maximum Gasteiger partial charge on any atom is 0.269 e. The number of aromatic nitrogens is 3. The quantitative estimate of drug-likeness (QED) is 0.129. The van der Waals surface area contributed by atoms with E-state index in [4.69, 9.17) is 9.16 Å². The van der Waals surface area contributed by atoms with Gasteiger partial charge in [-0.3, -0.25) is 4.79 Å². The third-order valence-corrected chi connectivity index (χ3v) is 12.5. The van der Waals surface area contributed by atoms with Crippen molar-refractivity contribution in [2.75, 3.05) is 13.2 Å². The number of H-pyrrole nitrogens is 1. The van der Waals surface area contributed by atoms with E-state index in [-0.39, 0.29) is 17.0 Å². The summed E-state index contributed by atoms with van der Waals surface area (Å²) >= 11 is 0. The number of aryl methyl sites for hydroxylation is 2. The highest BCUT2D eigenvalue weighted by molar-refractivity contribution is 6.74. The Hall–Kier alpha value is -3.36. The van der Waals surface area contributed by atoms with Crippen molar-refractivity contribution in [1.82, 2.24) is 19.9 Å². The van der Waals surface area contributed by atoms with Crippen LogP contribution in [0.25, 0.3) is 10.9 Å². The van der Waals surface area contributed by atoms with Crippen molar-refractivity contribution in [3.8, 4) is 5.75 Å². The van der Waals surface area contributed by atoms with Crippen LogP contribution in [-0.4, -0.2) is 48.0 Å². The Kier molecular flexibility index (Phi) is 9.87. The molecule has 8 heteroatoms. The third-order valence-electron chi connectivity index (χ3n) is 7.96. The Morgan fingerprint density at radius 1 is 1.10 bits per heavy atom. The molecule has 4 rings (SSSR count). The molecule has 0 aliphatic rings. The van der Waals surface area contributed by atoms with Gasteiger partial charge in [0.15, 0.2) is 8.32 Å². The molecule has 0 aliphatic carbocycles. The molecule has 0 unspecified atom stereocenters. The van der Waals surface area contributed by atoms with E-state index in [0.717, 1.165) is 43.5 Å². The second kappa shape index (κ2) is 13.3. The summed E-state index contributed by atoms with van der Waals surface area (Å²) in [6.07, 6.45) is 9.10. The summed E-state index contributed by atoms with van der Waals surface area (Å²) in [5.74, 6) is 0.721. The summed E-state index contributed by atoms with van der Waals surface area (Å²) in [5.41, 5.74) is 2.95. The van der Waals surface area contributed by atoms with Crippen molar-refractivity contribution in [3.05, 3.63) is 84.6 Å². The predicted molar refractivity (Wildman–Crippen MR) is 164 cm³/mol. The number of carbonyl (C=O) groups is 1. The first-order valence-electron chi connectivity index (χ1n) is 14.3. The number of carbonyl (C=O) groups excluding carboxylic acids is 1. The Balaban J connectivity index is 1.36. The number of unbranched alkanes of at least 4 members (excludes halogenated alkanes) is 1. The van der Waals surface area contributed by atoms with Crippen LogP contribution in [0.3, 0.4) is 0 Å². The maximum absolute atomic E-state index is 12.8. The number of benzene rings is 2. The number of nitrogens with one attached hydrogen (secondary N) is 2. The second-order valence-electron chi connectivity index (χ2n) is 12.0. The van der Waals surface area contributed by atoms with Gasteiger partial charge in [0.1, 0.15) is 11.4 Å². The van der Waals surface area contributed by atoms with Gasteiger partial charge >= 0.3 is 0 Å². The van der Waals surface area contributed by atoms with Gasteiger partial charge in [-0.2, -0.15) is 0 Å². The van der Waals surface area contributed by atoms with Gasteiger partial charge in [-0.25, -0.2) is 4.98 Å². The van der Waals surface area contributed by atoms with E-state index in [9.17, 15) is 4.79 Å². The molecule has 7 nitrogen and oxygen atoms in total. The molecule has 2 aromatic carbocycles. The van der Waals surface area contributed by atoms with E-state index < -0.39 is 8.32 Å². The molecular formula is C32H44N4O3Si. The lowest BCUT2D eigenvalue weighted by atomic mass is 10.1. The van der Waals surface area contributed by atoms with E-state index in [1.165, 1.54) is 17.3 Å². The van der Waals surface area contributed by atoms with Crippen LogP contribution in [-0.2, 0) is 17.4 Å². The number of amides is 1. The Morgan fingerprint density at radius 2 is 1.90 bits per heavy atom. The molecule has 4 aromatic rings. The van der Waals surface area contributed by atoms with Crippen molar-refractivity contribution < 1.29 is 14.0 Å². The molecule has 0 fully saturated rings. The van der Waals surface area contributed by atoms with Gasteiger partial charge in [0.2, 0.25) is 0 Å². The summed E-state index contributed by atoms with van der Waals surface area (Å²) in [6, 6.07) is 18.9. The normalized spacial score (nSPS) is 12.9. The predicted octanol–water partition coefficient (Wildman–Crippen LogP) is 6.98. The van der Waals surface area contributed by atoms with Crippen LogP contribution in [0.1, 0.15) is 56.1 Å². The standard InChI is InChI=1S/C32H44N4O3Si/c1-32(2,3)40(4,5)39-23-27(35-31(37)29-22-33-24-34-29)17-19-36-18-16-26-14-15-28(21-30(26)36)38-20-10-9-13-25-11-7-6-8-12-25/h6-8,11-12,14-16,18,21-22,24,27H,9-10,13,17,19-20,23H2,1-5H3,(H,33,34)(H,35,37)/t27-/m1/s1. The highest BCUT2D eigenvalue weighted by Gasteiger charge is 2.37. The number of imidazole rings is 1. The molecule has 0 saturated heterocycles. The zero-order valence-electron chi connectivity index (χ0n) is 24.6. The van der Waals surface area contributed by atoms with E-state index in [1.807, 2.05) is 6.07 Å². The zero-order valence-corrected chi connectivity index (χ0v) is 25.6. The first-order chi connectivity index (χ1) is 19.1. The van der Waals surface area contributed by atoms with Crippen molar-refractivity contribution in [2.24, 2.45) is 0 Å². The van der Waals surface area contributed by atoms with Crippen LogP contribution >= 0.6 is 0 Å². The number of hydrogen-bond acceptors (Lipinski definition) is 4. The lowest BCUT2D eigenvalue weighted by Crippen LogP contribution is -2.46. The van der Waals surface area contributed by atoms with Gasteiger partial charge in [0.25, 0.3) is 5.91 Å². The van der Waals surface area contributed by atoms with Crippen molar-refractivity contribution >= 4 is 25.1 Å². The first-order valence-corrected chi connectivity index (χ1v) is 17.2. The van der Waals surface area contributed by atoms with Gasteiger partial charge in [0, 0.05) is 18.8 Å². The molecule has 0 spiro atoms. The summed E-state index contributed by atoms with van der Waals surface area (Å²) in [5, 5.41) is 4.44. The zero-order chi connectivity index (χ0) is 28.6. The van der Waals surface area contributed by atoms with E-state index >= 15 is 0 Å². The highest BCUT2D eigenvalue weighted by Crippen LogP contribution is 2.36. The van der Waals surface area contributed by atoms with Gasteiger partial charge in [-0.1, -0.05) is 51.1 Å². The molecule has 1 atom stereocenters. The van der Waals surface area contributed by atoms with Gasteiger partial charge < -0.3 is 24.0 Å². The number of fused-ring (bicyclic) bond motifs is 1. The molecular weight excluding hydrogens is 516 g/mol. The lowest BCUT2D eigenvalue weighted by molar-refractivity contribution is 0.0909. The van der Waals surface area contributed by atoms with Crippen LogP contribution in [0.15, 0.2) is 73.3 Å². The fraction of sp³-hybridized carbons (Fsp3) is 0.438. The minimum Gasteiger partial charge on any atom is -0.494 e. The van der Waals surface area contributed by atoms with Gasteiger partial charge in [0.05, 0.1) is 37.3 Å². The molecule has 2 N–H and O–H groups in total. The largest absolute Gasteiger partial charge is 0.494 e. The summed E-state index contributed by atoms with van der Waals surface area (Å²) in [6.45, 7) is 13.1. The van der Waals surface area contributed by atoms with Crippen LogP contribution in [0.5, 0.6) is 5.75 Å². The molecule has 0 bridgehead atoms.